The van der Waals surface area contributed by atoms with Gasteiger partial charge in [-0.3, -0.25) is 0 Å². The van der Waals surface area contributed by atoms with E-state index in [-0.39, 0.29) is 46.2 Å². The maximum atomic E-state index is 10.1. The summed E-state index contributed by atoms with van der Waals surface area (Å²) in [7, 11) is 1.56. The van der Waals surface area contributed by atoms with Crippen molar-refractivity contribution in [2.45, 2.75) is 0 Å². The molecule has 4 heteroatoms. The average Bonchev–Trinajstić information content (AvgIpc) is 1.68. The van der Waals surface area contributed by atoms with Crippen LogP contribution in [0.1, 0.15) is 0 Å². The number of rotatable bonds is 1. The molecule has 0 aromatic carbocycles. The van der Waals surface area contributed by atoms with Crippen molar-refractivity contribution in [2.24, 2.45) is 0 Å². The van der Waals surface area contributed by atoms with Gasteiger partial charge in [-0.25, -0.2) is 4.79 Å². The molecule has 0 unspecified atom stereocenters. The monoisotopic (exact) mass is 205 g/mol. The molecule has 1 radical (unpaired) electrons. The Morgan fingerprint density at radius 1 is 1.67 bits per heavy atom. The molecule has 0 aliphatic rings. The number of nitrogens with one attached hydrogen (secondary N) is 2. The second kappa shape index (κ2) is 11.2. The Kier molecular flexibility index (Phi) is 20.1. The molecule has 3 nitrogen and oxygen atoms in total. The summed E-state index contributed by atoms with van der Waals surface area (Å²) in [6.45, 7) is 3.83. The summed E-state index contributed by atoms with van der Waals surface area (Å²) in [6.07, 6.45) is 0. The molecule has 0 saturated heterocycles. The molecule has 0 saturated carbocycles. The predicted molar refractivity (Wildman–Crippen MR) is 34.2 cm³/mol. The van der Waals surface area contributed by atoms with Crippen LogP contribution in [0, 0.1) is 14.4 Å². The minimum Gasteiger partial charge on any atom is -0.368 e. The fraction of sp³-hybridized carbons (Fsp3) is 0.400. The first kappa shape index (κ1) is 16.2. The molecular weight excluding hydrogens is 193 g/mol. The van der Waals surface area contributed by atoms with E-state index in [1.54, 1.807) is 7.05 Å². The Morgan fingerprint density at radius 2 is 2.11 bits per heavy atom. The molecule has 0 aliphatic heterocycles. The molecule has 0 fully saturated rings. The molecule has 0 rings (SSSR count). The molecule has 0 aromatic heterocycles. The van der Waals surface area contributed by atoms with Crippen molar-refractivity contribution in [3.8, 4) is 0 Å². The molecule has 0 aromatic rings. The van der Waals surface area contributed by atoms with E-state index in [9.17, 15) is 4.79 Å². The third-order valence-corrected chi connectivity index (χ3v) is 0.513. The van der Waals surface area contributed by atoms with Crippen LogP contribution in [0.3, 0.4) is 0 Å². The second-order valence-corrected chi connectivity index (χ2v) is 1.01. The van der Waals surface area contributed by atoms with Gasteiger partial charge >= 0.3 is 6.03 Å². The maximum absolute atomic E-state index is 10.1. The van der Waals surface area contributed by atoms with E-state index < -0.39 is 0 Å². The summed E-state index contributed by atoms with van der Waals surface area (Å²) in [5.74, 6) is 0. The Hall–Kier alpha value is 0.374. The number of carbonyl (C=O) groups excluding carboxylic acids is 1. The second-order valence-electron chi connectivity index (χ2n) is 1.01. The van der Waals surface area contributed by atoms with Gasteiger partial charge < -0.3 is 25.0 Å². The van der Waals surface area contributed by atoms with Crippen LogP contribution in [0.15, 0.2) is 0 Å². The number of amides is 2. The van der Waals surface area contributed by atoms with Crippen LogP contribution in [0.2, 0.25) is 0 Å². The van der Waals surface area contributed by atoms with Gasteiger partial charge in [-0.2, -0.15) is 0 Å². The molecular formula is C5H12N2OY-2. The van der Waals surface area contributed by atoms with Crippen molar-refractivity contribution in [3.05, 3.63) is 14.4 Å². The third kappa shape index (κ3) is 11.8. The van der Waals surface area contributed by atoms with Gasteiger partial charge in [0.1, 0.15) is 0 Å². The number of carbonyl (C=O) groups is 1. The molecule has 2 N–H and O–H groups in total. The molecule has 53 valence electrons. The van der Waals surface area contributed by atoms with Crippen LogP contribution in [-0.4, -0.2) is 19.6 Å². The number of hydrogen-bond donors (Lipinski definition) is 2. The van der Waals surface area contributed by atoms with Crippen molar-refractivity contribution >= 4 is 6.03 Å². The summed E-state index contributed by atoms with van der Waals surface area (Å²) in [5, 5.41) is 4.81. The minimum atomic E-state index is -0.185. The molecule has 0 bridgehead atoms. The first-order valence-electron chi connectivity index (χ1n) is 2.06. The summed E-state index contributed by atoms with van der Waals surface area (Å²) in [4.78, 5) is 10.1. The molecule has 0 spiro atoms. The van der Waals surface area contributed by atoms with Crippen LogP contribution >= 0.6 is 0 Å². The van der Waals surface area contributed by atoms with Gasteiger partial charge in [-0.05, 0) is 0 Å². The third-order valence-electron chi connectivity index (χ3n) is 0.513. The number of urea groups is 1. The minimum absolute atomic E-state index is 0. The fourth-order valence-electron chi connectivity index (χ4n) is 0.202. The summed E-state index contributed by atoms with van der Waals surface area (Å²) >= 11 is 0. The van der Waals surface area contributed by atoms with E-state index in [4.69, 9.17) is 0 Å². The molecule has 2 amide bonds. The average molecular weight is 205 g/mol. The molecule has 0 aliphatic carbocycles. The Labute approximate surface area is 81.8 Å². The van der Waals surface area contributed by atoms with Crippen molar-refractivity contribution in [1.29, 1.82) is 0 Å². The van der Waals surface area contributed by atoms with E-state index >= 15 is 0 Å². The Balaban J connectivity index is -0.000000180. The largest absolute Gasteiger partial charge is 0.368 e. The van der Waals surface area contributed by atoms with Crippen LogP contribution in [-0.2, 0) is 32.7 Å². The summed E-state index contributed by atoms with van der Waals surface area (Å²) in [6, 6.07) is -0.185. The van der Waals surface area contributed by atoms with Gasteiger partial charge in [0.05, 0.1) is 0 Å². The fourth-order valence-corrected chi connectivity index (χ4v) is 0.202. The van der Waals surface area contributed by atoms with Crippen LogP contribution in [0.4, 0.5) is 4.79 Å². The first-order valence-corrected chi connectivity index (χ1v) is 2.06. The van der Waals surface area contributed by atoms with Gasteiger partial charge in [0.25, 0.3) is 0 Å². The standard InChI is InChI=1S/C4H9N2O.CH3.Y/c1-3-6-4(7)5-2;;/h1,3H2,2H3,(H2,5,6,7);1H3;/q2*-1;. The maximum Gasteiger partial charge on any atom is 0.312 e. The SMILES string of the molecule is [CH2-]CNC(=O)NC.[CH3-].[Y]. The van der Waals surface area contributed by atoms with E-state index in [1.807, 2.05) is 0 Å². The number of hydrogen-bond acceptors (Lipinski definition) is 1. The quantitative estimate of drug-likeness (QED) is 0.590. The van der Waals surface area contributed by atoms with Crippen molar-refractivity contribution < 1.29 is 37.5 Å². The first-order chi connectivity index (χ1) is 3.31. The Bertz CT molecular complexity index is 68.0. The van der Waals surface area contributed by atoms with E-state index in [0.29, 0.717) is 6.54 Å². The van der Waals surface area contributed by atoms with Gasteiger partial charge in [0.2, 0.25) is 0 Å². The zero-order valence-electron chi connectivity index (χ0n) is 5.90. The molecule has 9 heavy (non-hydrogen) atoms. The molecule has 0 atom stereocenters. The van der Waals surface area contributed by atoms with Crippen molar-refractivity contribution in [1.82, 2.24) is 10.6 Å². The van der Waals surface area contributed by atoms with Gasteiger partial charge in [-0.1, -0.05) is 0 Å². The topological polar surface area (TPSA) is 41.1 Å². The Morgan fingerprint density at radius 3 is 2.22 bits per heavy atom. The van der Waals surface area contributed by atoms with E-state index in [1.165, 1.54) is 0 Å². The van der Waals surface area contributed by atoms with E-state index in [2.05, 4.69) is 17.6 Å². The van der Waals surface area contributed by atoms with Gasteiger partial charge in [0, 0.05) is 39.8 Å². The van der Waals surface area contributed by atoms with Crippen molar-refractivity contribution in [2.75, 3.05) is 13.6 Å². The van der Waals surface area contributed by atoms with Crippen LogP contribution in [0.5, 0.6) is 0 Å². The van der Waals surface area contributed by atoms with E-state index in [0.717, 1.165) is 0 Å². The van der Waals surface area contributed by atoms with Crippen molar-refractivity contribution in [3.63, 3.8) is 0 Å². The normalized spacial score (nSPS) is 6.00. The van der Waals surface area contributed by atoms with Gasteiger partial charge in [0.15, 0.2) is 0 Å². The van der Waals surface area contributed by atoms with Crippen LogP contribution in [0.25, 0.3) is 0 Å². The zero-order valence-corrected chi connectivity index (χ0v) is 8.74. The smallest absolute Gasteiger partial charge is 0.312 e. The van der Waals surface area contributed by atoms with Crippen LogP contribution < -0.4 is 10.6 Å². The summed E-state index contributed by atoms with van der Waals surface area (Å²) < 4.78 is 0. The summed E-state index contributed by atoms with van der Waals surface area (Å²) in [5.41, 5.74) is 0. The predicted octanol–water partition coefficient (Wildman–Crippen LogP) is 0.197. The molecule has 0 heterocycles. The van der Waals surface area contributed by atoms with Gasteiger partial charge in [-0.15, -0.1) is 6.54 Å². The zero-order chi connectivity index (χ0) is 5.70.